The second-order valence-corrected chi connectivity index (χ2v) is 4.25. The Kier molecular flexibility index (Phi) is 2.75. The van der Waals surface area contributed by atoms with Crippen molar-refractivity contribution in [1.29, 1.82) is 0 Å². The molecule has 5 nitrogen and oxygen atoms in total. The first-order chi connectivity index (χ1) is 8.00. The Morgan fingerprint density at radius 2 is 2.24 bits per heavy atom. The number of nitrogens with zero attached hydrogens (tertiary/aromatic N) is 1. The lowest BCUT2D eigenvalue weighted by Gasteiger charge is -2.19. The van der Waals surface area contributed by atoms with Crippen LogP contribution in [0.3, 0.4) is 0 Å². The molecule has 1 amide bonds. The summed E-state index contributed by atoms with van der Waals surface area (Å²) in [6.45, 7) is 2.05. The fraction of sp³-hybridized carbons (Fsp3) is 0.333. The molecule has 1 fully saturated rings. The third kappa shape index (κ3) is 1.95. The number of nitrogens with two attached hydrogens (primary N) is 1. The lowest BCUT2D eigenvalue weighted by Crippen LogP contribution is -2.26. The Labute approximate surface area is 98.8 Å². The maximum Gasteiger partial charge on any atom is 0.308 e. The van der Waals surface area contributed by atoms with Crippen LogP contribution in [0.1, 0.15) is 12.0 Å². The van der Waals surface area contributed by atoms with Gasteiger partial charge in [0.25, 0.3) is 0 Å². The summed E-state index contributed by atoms with van der Waals surface area (Å²) in [5.41, 5.74) is 7.93. The molecule has 0 radical (unpaired) electrons. The molecule has 0 aliphatic carbocycles. The molecule has 1 aromatic rings. The van der Waals surface area contributed by atoms with Crippen molar-refractivity contribution >= 4 is 23.3 Å². The van der Waals surface area contributed by atoms with Gasteiger partial charge in [0, 0.05) is 13.0 Å². The molecule has 1 aliphatic rings. The van der Waals surface area contributed by atoms with E-state index < -0.39 is 11.9 Å². The smallest absolute Gasteiger partial charge is 0.308 e. The van der Waals surface area contributed by atoms with Crippen molar-refractivity contribution in [3.05, 3.63) is 23.8 Å². The van der Waals surface area contributed by atoms with Crippen LogP contribution in [0, 0.1) is 12.8 Å². The van der Waals surface area contributed by atoms with Crippen LogP contribution in [-0.4, -0.2) is 23.5 Å². The molecule has 3 N–H and O–H groups in total. The van der Waals surface area contributed by atoms with Crippen LogP contribution in [0.2, 0.25) is 0 Å². The van der Waals surface area contributed by atoms with E-state index in [1.807, 2.05) is 19.1 Å². The molecule has 1 aromatic carbocycles. The number of nitrogen functional groups attached to an aromatic ring is 1. The van der Waals surface area contributed by atoms with Gasteiger partial charge in [-0.3, -0.25) is 9.59 Å². The van der Waals surface area contributed by atoms with Gasteiger partial charge in [-0.05, 0) is 18.6 Å². The lowest BCUT2D eigenvalue weighted by atomic mass is 10.1. The van der Waals surface area contributed by atoms with Gasteiger partial charge in [-0.1, -0.05) is 12.1 Å². The van der Waals surface area contributed by atoms with Crippen molar-refractivity contribution in [2.24, 2.45) is 5.92 Å². The lowest BCUT2D eigenvalue weighted by molar-refractivity contribution is -0.141. The van der Waals surface area contributed by atoms with Gasteiger partial charge in [0.05, 0.1) is 17.3 Å². The summed E-state index contributed by atoms with van der Waals surface area (Å²) in [6, 6.07) is 5.40. The van der Waals surface area contributed by atoms with Crippen LogP contribution >= 0.6 is 0 Å². The zero-order chi connectivity index (χ0) is 12.6. The Balaban J connectivity index is 2.32. The summed E-state index contributed by atoms with van der Waals surface area (Å²) in [7, 11) is 0. The van der Waals surface area contributed by atoms with Crippen molar-refractivity contribution in [2.75, 3.05) is 17.2 Å². The molecule has 0 bridgehead atoms. The number of para-hydroxylation sites is 1. The molecular weight excluding hydrogens is 220 g/mol. The minimum Gasteiger partial charge on any atom is -0.481 e. The number of amides is 1. The van der Waals surface area contributed by atoms with E-state index in [0.29, 0.717) is 11.4 Å². The van der Waals surface area contributed by atoms with Gasteiger partial charge in [0.1, 0.15) is 0 Å². The van der Waals surface area contributed by atoms with Crippen molar-refractivity contribution < 1.29 is 14.7 Å². The van der Waals surface area contributed by atoms with E-state index in [4.69, 9.17) is 10.8 Å². The van der Waals surface area contributed by atoms with Crippen molar-refractivity contribution in [1.82, 2.24) is 0 Å². The summed E-state index contributed by atoms with van der Waals surface area (Å²) in [4.78, 5) is 24.1. The van der Waals surface area contributed by atoms with E-state index >= 15 is 0 Å². The fourth-order valence-electron chi connectivity index (χ4n) is 2.01. The molecule has 2 rings (SSSR count). The van der Waals surface area contributed by atoms with Crippen LogP contribution in [0.15, 0.2) is 18.2 Å². The fourth-order valence-corrected chi connectivity index (χ4v) is 2.01. The standard InChI is InChI=1S/C12H14N2O3/c1-7-3-2-4-9(11(7)13)14-6-8(12(16)17)5-10(14)15/h2-4,8H,5-6,13H2,1H3,(H,16,17). The zero-order valence-electron chi connectivity index (χ0n) is 9.51. The van der Waals surface area contributed by atoms with E-state index in [1.165, 1.54) is 4.90 Å². The largest absolute Gasteiger partial charge is 0.481 e. The molecule has 0 saturated carbocycles. The molecule has 1 heterocycles. The molecule has 1 saturated heterocycles. The average Bonchev–Trinajstić information content (AvgIpc) is 2.65. The quantitative estimate of drug-likeness (QED) is 0.748. The molecule has 17 heavy (non-hydrogen) atoms. The summed E-state index contributed by atoms with van der Waals surface area (Å²) in [5, 5.41) is 8.91. The normalized spacial score (nSPS) is 19.7. The van der Waals surface area contributed by atoms with Crippen molar-refractivity contribution in [2.45, 2.75) is 13.3 Å². The molecule has 1 atom stereocenters. The predicted molar refractivity (Wildman–Crippen MR) is 63.7 cm³/mol. The molecule has 0 aromatic heterocycles. The summed E-state index contributed by atoms with van der Waals surface area (Å²) >= 11 is 0. The molecule has 1 unspecified atom stereocenters. The zero-order valence-corrected chi connectivity index (χ0v) is 9.51. The number of carbonyl (C=O) groups excluding carboxylic acids is 1. The van der Waals surface area contributed by atoms with Crippen LogP contribution in [0.4, 0.5) is 11.4 Å². The Morgan fingerprint density at radius 1 is 1.53 bits per heavy atom. The number of aryl methyl sites for hydroxylation is 1. The van der Waals surface area contributed by atoms with Crippen molar-refractivity contribution in [3.63, 3.8) is 0 Å². The first kappa shape index (κ1) is 11.4. The SMILES string of the molecule is Cc1cccc(N2CC(C(=O)O)CC2=O)c1N. The van der Waals surface area contributed by atoms with Crippen LogP contribution in [0.25, 0.3) is 0 Å². The molecule has 0 spiro atoms. The second kappa shape index (κ2) is 4.08. The van der Waals surface area contributed by atoms with Gasteiger partial charge < -0.3 is 15.7 Å². The van der Waals surface area contributed by atoms with Gasteiger partial charge >= 0.3 is 5.97 Å². The number of benzene rings is 1. The van der Waals surface area contributed by atoms with Gasteiger partial charge in [0.2, 0.25) is 5.91 Å². The highest BCUT2D eigenvalue weighted by atomic mass is 16.4. The topological polar surface area (TPSA) is 83.6 Å². The number of hydrogen-bond donors (Lipinski definition) is 2. The third-order valence-electron chi connectivity index (χ3n) is 3.07. The Morgan fingerprint density at radius 3 is 2.82 bits per heavy atom. The highest BCUT2D eigenvalue weighted by Crippen LogP contribution is 2.31. The van der Waals surface area contributed by atoms with E-state index in [2.05, 4.69) is 0 Å². The highest BCUT2D eigenvalue weighted by Gasteiger charge is 2.35. The number of rotatable bonds is 2. The Bertz CT molecular complexity index is 485. The molecular formula is C12H14N2O3. The maximum absolute atomic E-state index is 11.8. The summed E-state index contributed by atoms with van der Waals surface area (Å²) in [5.74, 6) is -1.76. The number of hydrogen-bond acceptors (Lipinski definition) is 3. The second-order valence-electron chi connectivity index (χ2n) is 4.25. The Hall–Kier alpha value is -2.04. The van der Waals surface area contributed by atoms with Gasteiger partial charge in [-0.15, -0.1) is 0 Å². The minimum absolute atomic E-state index is 0.0444. The molecule has 5 heteroatoms. The number of carbonyl (C=O) groups is 2. The van der Waals surface area contributed by atoms with E-state index in [1.54, 1.807) is 6.07 Å². The van der Waals surface area contributed by atoms with Gasteiger partial charge in [0.15, 0.2) is 0 Å². The molecule has 1 aliphatic heterocycles. The summed E-state index contributed by atoms with van der Waals surface area (Å²) < 4.78 is 0. The van der Waals surface area contributed by atoms with E-state index in [0.717, 1.165) is 5.56 Å². The first-order valence-corrected chi connectivity index (χ1v) is 5.39. The number of anilines is 2. The van der Waals surface area contributed by atoms with E-state index in [-0.39, 0.29) is 18.9 Å². The maximum atomic E-state index is 11.8. The monoisotopic (exact) mass is 234 g/mol. The first-order valence-electron chi connectivity index (χ1n) is 5.39. The minimum atomic E-state index is -0.938. The van der Waals surface area contributed by atoms with Crippen LogP contribution < -0.4 is 10.6 Å². The molecule has 90 valence electrons. The average molecular weight is 234 g/mol. The highest BCUT2D eigenvalue weighted by molar-refractivity contribution is 6.01. The summed E-state index contributed by atoms with van der Waals surface area (Å²) in [6.07, 6.45) is 0.0444. The van der Waals surface area contributed by atoms with Crippen LogP contribution in [0.5, 0.6) is 0 Å². The van der Waals surface area contributed by atoms with Crippen molar-refractivity contribution in [3.8, 4) is 0 Å². The van der Waals surface area contributed by atoms with Gasteiger partial charge in [-0.25, -0.2) is 0 Å². The number of carboxylic acid groups (broad SMARTS) is 1. The van der Waals surface area contributed by atoms with Crippen LogP contribution in [-0.2, 0) is 9.59 Å². The third-order valence-corrected chi connectivity index (χ3v) is 3.07. The van der Waals surface area contributed by atoms with Gasteiger partial charge in [-0.2, -0.15) is 0 Å². The number of aliphatic carboxylic acids is 1. The van der Waals surface area contributed by atoms with E-state index in [9.17, 15) is 9.59 Å². The number of carboxylic acids is 1. The predicted octanol–water partition coefficient (Wildman–Crippen LogP) is 1.01.